The molecule has 4 atom stereocenters. The van der Waals surface area contributed by atoms with Gasteiger partial charge >= 0.3 is 0 Å². The summed E-state index contributed by atoms with van der Waals surface area (Å²) >= 11 is 0. The first-order chi connectivity index (χ1) is 16.4. The molecule has 2 rings (SSSR count). The molecule has 0 saturated carbocycles. The molecule has 1 aromatic heterocycles. The Morgan fingerprint density at radius 1 is 1.00 bits per heavy atom. The molecule has 0 radical (unpaired) electrons. The fourth-order valence-electron chi connectivity index (χ4n) is 3.62. The van der Waals surface area contributed by atoms with Crippen molar-refractivity contribution in [1.29, 1.82) is 0 Å². The van der Waals surface area contributed by atoms with E-state index in [1.165, 1.54) is 13.2 Å². The number of carbonyl (C=O) groups excluding carboxylic acids is 4. The van der Waals surface area contributed by atoms with E-state index in [9.17, 15) is 19.2 Å². The van der Waals surface area contributed by atoms with E-state index in [0.29, 0.717) is 25.2 Å². The molecule has 0 spiro atoms. The summed E-state index contributed by atoms with van der Waals surface area (Å²) in [5.74, 6) is -1.16. The first kappa shape index (κ1) is 28.4. The predicted molar refractivity (Wildman–Crippen MR) is 127 cm³/mol. The van der Waals surface area contributed by atoms with Gasteiger partial charge in [-0.1, -0.05) is 32.9 Å². The van der Waals surface area contributed by atoms with Crippen molar-refractivity contribution in [3.63, 3.8) is 0 Å². The maximum absolute atomic E-state index is 13.2. The number of aryl methyl sites for hydroxylation is 1. The molecule has 1 saturated heterocycles. The van der Waals surface area contributed by atoms with Crippen LogP contribution < -0.4 is 16.0 Å². The standard InChI is InChI=1S/C24H38N4O7/c1-13(2)8-16(20(29)24(6)12-34-24)25-21(30)17(9-14(3)4)26-23(32)19(11-33-7)27-22(31)18-10-15(5)35-28-18/h10,13-14,16-17,19H,8-9,11-12H2,1-7H3,(H,25,30)(H,26,32)(H,27,31)/t16?,17-,19?,24?/m0/s1. The van der Waals surface area contributed by atoms with Crippen molar-refractivity contribution < 1.29 is 33.2 Å². The lowest BCUT2D eigenvalue weighted by Gasteiger charge is -2.27. The van der Waals surface area contributed by atoms with Gasteiger partial charge in [-0.3, -0.25) is 19.2 Å². The third kappa shape index (κ3) is 8.43. The minimum absolute atomic E-state index is 0.0266. The van der Waals surface area contributed by atoms with Crippen LogP contribution in [0.2, 0.25) is 0 Å². The SMILES string of the molecule is COCC(NC(=O)c1cc(C)on1)C(=O)N[C@@H](CC(C)C)C(=O)NC(CC(C)C)C(=O)C1(C)CO1. The molecule has 0 aliphatic carbocycles. The summed E-state index contributed by atoms with van der Waals surface area (Å²) in [6.07, 6.45) is 0.787. The van der Waals surface area contributed by atoms with Crippen LogP contribution in [0.1, 0.15) is 63.7 Å². The minimum Gasteiger partial charge on any atom is -0.382 e. The third-order valence-electron chi connectivity index (χ3n) is 5.59. The number of rotatable bonds is 14. The summed E-state index contributed by atoms with van der Waals surface area (Å²) in [5.41, 5.74) is -0.851. The zero-order valence-corrected chi connectivity index (χ0v) is 21.6. The first-order valence-electron chi connectivity index (χ1n) is 11.9. The summed E-state index contributed by atoms with van der Waals surface area (Å²) in [7, 11) is 1.40. The molecular formula is C24H38N4O7. The number of epoxide rings is 1. The topological polar surface area (TPSA) is 152 Å². The molecule has 1 aromatic rings. The Kier molecular flexibility index (Phi) is 9.96. The zero-order valence-electron chi connectivity index (χ0n) is 21.6. The number of ketones is 1. The molecule has 3 unspecified atom stereocenters. The molecule has 3 N–H and O–H groups in total. The maximum Gasteiger partial charge on any atom is 0.274 e. The summed E-state index contributed by atoms with van der Waals surface area (Å²) < 4.78 is 15.3. The molecule has 11 nitrogen and oxygen atoms in total. The van der Waals surface area contributed by atoms with Gasteiger partial charge in [0.2, 0.25) is 11.8 Å². The number of ether oxygens (including phenoxy) is 2. The summed E-state index contributed by atoms with van der Waals surface area (Å²) in [4.78, 5) is 51.7. The van der Waals surface area contributed by atoms with Gasteiger partial charge < -0.3 is 29.9 Å². The van der Waals surface area contributed by atoms with Gasteiger partial charge in [-0.15, -0.1) is 0 Å². The van der Waals surface area contributed by atoms with Crippen LogP contribution in [0.15, 0.2) is 10.6 Å². The highest BCUT2D eigenvalue weighted by Gasteiger charge is 2.50. The molecule has 1 aliphatic heterocycles. The van der Waals surface area contributed by atoms with Crippen molar-refractivity contribution in [3.8, 4) is 0 Å². The Morgan fingerprint density at radius 2 is 1.54 bits per heavy atom. The van der Waals surface area contributed by atoms with Gasteiger partial charge in [0.15, 0.2) is 11.5 Å². The van der Waals surface area contributed by atoms with Crippen LogP contribution in [0.5, 0.6) is 0 Å². The van der Waals surface area contributed by atoms with Gasteiger partial charge in [0.05, 0.1) is 19.3 Å². The van der Waals surface area contributed by atoms with Crippen molar-refractivity contribution in [3.05, 3.63) is 17.5 Å². The first-order valence-corrected chi connectivity index (χ1v) is 11.9. The minimum atomic E-state index is -1.07. The number of Topliss-reactive ketones (excluding diaryl/α,β-unsaturated/α-hetero) is 1. The fourth-order valence-corrected chi connectivity index (χ4v) is 3.62. The van der Waals surface area contributed by atoms with Crippen molar-refractivity contribution in [2.45, 2.75) is 78.1 Å². The molecule has 0 aromatic carbocycles. The monoisotopic (exact) mass is 494 g/mol. The molecular weight excluding hydrogens is 456 g/mol. The number of aromatic nitrogens is 1. The Bertz CT molecular complexity index is 907. The number of hydrogen-bond acceptors (Lipinski definition) is 8. The van der Waals surface area contributed by atoms with E-state index in [0.717, 1.165) is 0 Å². The van der Waals surface area contributed by atoms with Crippen LogP contribution in [0.25, 0.3) is 0 Å². The second-order valence-corrected chi connectivity index (χ2v) is 10.1. The zero-order chi connectivity index (χ0) is 26.3. The van der Waals surface area contributed by atoms with E-state index in [4.69, 9.17) is 14.0 Å². The van der Waals surface area contributed by atoms with E-state index in [1.54, 1.807) is 13.8 Å². The van der Waals surface area contributed by atoms with Gasteiger partial charge in [0.25, 0.3) is 5.91 Å². The van der Waals surface area contributed by atoms with Crippen LogP contribution in [-0.4, -0.2) is 72.7 Å². The third-order valence-corrected chi connectivity index (χ3v) is 5.59. The van der Waals surface area contributed by atoms with Crippen LogP contribution in [-0.2, 0) is 23.9 Å². The second-order valence-electron chi connectivity index (χ2n) is 10.1. The van der Waals surface area contributed by atoms with Crippen LogP contribution >= 0.6 is 0 Å². The van der Waals surface area contributed by atoms with E-state index < -0.39 is 41.4 Å². The number of hydrogen-bond donors (Lipinski definition) is 3. The summed E-state index contributed by atoms with van der Waals surface area (Å²) in [5, 5.41) is 11.7. The number of nitrogens with one attached hydrogen (secondary N) is 3. The number of methoxy groups -OCH3 is 1. The lowest BCUT2D eigenvalue weighted by atomic mass is 9.92. The van der Waals surface area contributed by atoms with E-state index >= 15 is 0 Å². The maximum atomic E-state index is 13.2. The van der Waals surface area contributed by atoms with Crippen molar-refractivity contribution in [1.82, 2.24) is 21.1 Å². The van der Waals surface area contributed by atoms with Crippen molar-refractivity contribution in [2.24, 2.45) is 11.8 Å². The van der Waals surface area contributed by atoms with Crippen molar-refractivity contribution >= 4 is 23.5 Å². The second kappa shape index (κ2) is 12.3. The smallest absolute Gasteiger partial charge is 0.274 e. The molecule has 35 heavy (non-hydrogen) atoms. The van der Waals surface area contributed by atoms with Crippen LogP contribution in [0.3, 0.4) is 0 Å². The van der Waals surface area contributed by atoms with Crippen LogP contribution in [0.4, 0.5) is 0 Å². The van der Waals surface area contributed by atoms with Gasteiger partial charge in [-0.25, -0.2) is 0 Å². The summed E-state index contributed by atoms with van der Waals surface area (Å²) in [6, 6.07) is -1.27. The lowest BCUT2D eigenvalue weighted by molar-refractivity contribution is -0.134. The molecule has 3 amide bonds. The summed E-state index contributed by atoms with van der Waals surface area (Å²) in [6.45, 7) is 11.3. The Balaban J connectivity index is 2.13. The Morgan fingerprint density at radius 3 is 2.03 bits per heavy atom. The fraction of sp³-hybridized carbons (Fsp3) is 0.708. The Labute approximate surface area is 206 Å². The molecule has 0 bridgehead atoms. The van der Waals surface area contributed by atoms with Gasteiger partial charge in [0.1, 0.15) is 23.4 Å². The molecule has 2 heterocycles. The average molecular weight is 495 g/mol. The molecule has 196 valence electrons. The Hall–Kier alpha value is -2.79. The highest BCUT2D eigenvalue weighted by molar-refractivity contribution is 5.99. The van der Waals surface area contributed by atoms with E-state index in [1.807, 2.05) is 27.7 Å². The average Bonchev–Trinajstić information content (AvgIpc) is 3.37. The normalized spacial score (nSPS) is 19.7. The highest BCUT2D eigenvalue weighted by Crippen LogP contribution is 2.29. The van der Waals surface area contributed by atoms with Crippen molar-refractivity contribution in [2.75, 3.05) is 20.3 Å². The van der Waals surface area contributed by atoms with E-state index in [2.05, 4.69) is 21.1 Å². The number of amides is 3. The molecule has 11 heteroatoms. The van der Waals surface area contributed by atoms with Gasteiger partial charge in [-0.2, -0.15) is 0 Å². The van der Waals surface area contributed by atoms with Crippen LogP contribution in [0, 0.1) is 18.8 Å². The predicted octanol–water partition coefficient (Wildman–Crippen LogP) is 1.15. The molecule has 1 fully saturated rings. The number of carbonyl (C=O) groups is 4. The lowest BCUT2D eigenvalue weighted by Crippen LogP contribution is -2.57. The highest BCUT2D eigenvalue weighted by atomic mass is 16.6. The largest absolute Gasteiger partial charge is 0.382 e. The quantitative estimate of drug-likeness (QED) is 0.326. The number of nitrogens with zero attached hydrogens (tertiary/aromatic N) is 1. The molecule has 1 aliphatic rings. The van der Waals surface area contributed by atoms with E-state index in [-0.39, 0.29) is 29.9 Å². The van der Waals surface area contributed by atoms with Gasteiger partial charge in [0, 0.05) is 13.2 Å². The van der Waals surface area contributed by atoms with Gasteiger partial charge in [-0.05, 0) is 38.5 Å².